The molecular formula is C17H23N3O4. The first kappa shape index (κ1) is 16.7. The standard InChI is InChI=1S/C17H23N3O4/c21-16(10-14-17(22)19-8-7-18-14)20-13-5-1-2-6-15(13)24-11-12-4-3-9-23-12/h1-2,5-6,12,14,18H,3-4,7-11H2,(H,19,22)(H,20,21). The Bertz CT molecular complexity index is 587. The van der Waals surface area contributed by atoms with Crippen LogP contribution in [0.1, 0.15) is 19.3 Å². The normalized spacial score (nSPS) is 23.6. The Morgan fingerprint density at radius 3 is 3.00 bits per heavy atom. The van der Waals surface area contributed by atoms with E-state index in [-0.39, 0.29) is 24.3 Å². The van der Waals surface area contributed by atoms with Crippen LogP contribution in [0.3, 0.4) is 0 Å². The average Bonchev–Trinajstić information content (AvgIpc) is 3.10. The smallest absolute Gasteiger partial charge is 0.237 e. The fourth-order valence-electron chi connectivity index (χ4n) is 2.85. The van der Waals surface area contributed by atoms with Gasteiger partial charge in [-0.3, -0.25) is 9.59 Å². The van der Waals surface area contributed by atoms with Crippen LogP contribution in [0.2, 0.25) is 0 Å². The van der Waals surface area contributed by atoms with E-state index in [4.69, 9.17) is 9.47 Å². The summed E-state index contributed by atoms with van der Waals surface area (Å²) in [6.45, 7) is 2.52. The number of hydrogen-bond donors (Lipinski definition) is 3. The molecule has 7 heteroatoms. The van der Waals surface area contributed by atoms with Crippen molar-refractivity contribution in [3.63, 3.8) is 0 Å². The van der Waals surface area contributed by atoms with E-state index in [1.807, 2.05) is 18.2 Å². The lowest BCUT2D eigenvalue weighted by molar-refractivity contribution is -0.127. The average molecular weight is 333 g/mol. The summed E-state index contributed by atoms with van der Waals surface area (Å²) in [6.07, 6.45) is 2.26. The number of carbonyl (C=O) groups excluding carboxylic acids is 2. The molecule has 130 valence electrons. The molecule has 2 aliphatic heterocycles. The Kier molecular flexibility index (Phi) is 5.66. The summed E-state index contributed by atoms with van der Waals surface area (Å²) in [5.74, 6) is 0.249. The molecule has 0 spiro atoms. The minimum atomic E-state index is -0.487. The first-order valence-corrected chi connectivity index (χ1v) is 8.37. The van der Waals surface area contributed by atoms with E-state index in [0.717, 1.165) is 19.4 Å². The van der Waals surface area contributed by atoms with Crippen molar-refractivity contribution in [1.29, 1.82) is 0 Å². The summed E-state index contributed by atoms with van der Waals surface area (Å²) in [5.41, 5.74) is 0.608. The maximum atomic E-state index is 12.2. The van der Waals surface area contributed by atoms with Crippen LogP contribution in [-0.2, 0) is 14.3 Å². The molecule has 2 unspecified atom stereocenters. The highest BCUT2D eigenvalue weighted by Gasteiger charge is 2.24. The Morgan fingerprint density at radius 2 is 2.21 bits per heavy atom. The number of benzene rings is 1. The second-order valence-electron chi connectivity index (χ2n) is 5.99. The van der Waals surface area contributed by atoms with E-state index in [0.29, 0.717) is 31.1 Å². The van der Waals surface area contributed by atoms with Gasteiger partial charge in [0, 0.05) is 19.7 Å². The summed E-state index contributed by atoms with van der Waals surface area (Å²) >= 11 is 0. The molecule has 0 saturated carbocycles. The number of piperazine rings is 1. The van der Waals surface area contributed by atoms with Crippen molar-refractivity contribution in [1.82, 2.24) is 10.6 Å². The molecule has 0 aromatic heterocycles. The molecule has 2 amide bonds. The molecule has 7 nitrogen and oxygen atoms in total. The van der Waals surface area contributed by atoms with Crippen LogP contribution in [0, 0.1) is 0 Å². The molecule has 0 bridgehead atoms. The first-order valence-electron chi connectivity index (χ1n) is 8.37. The van der Waals surface area contributed by atoms with Gasteiger partial charge in [-0.2, -0.15) is 0 Å². The molecule has 2 saturated heterocycles. The van der Waals surface area contributed by atoms with Crippen LogP contribution in [0.25, 0.3) is 0 Å². The molecule has 1 aromatic carbocycles. The van der Waals surface area contributed by atoms with Crippen molar-refractivity contribution in [2.45, 2.75) is 31.4 Å². The highest BCUT2D eigenvalue weighted by molar-refractivity contribution is 5.96. The van der Waals surface area contributed by atoms with Crippen LogP contribution < -0.4 is 20.7 Å². The molecule has 24 heavy (non-hydrogen) atoms. The van der Waals surface area contributed by atoms with Crippen molar-refractivity contribution >= 4 is 17.5 Å². The van der Waals surface area contributed by atoms with E-state index < -0.39 is 6.04 Å². The van der Waals surface area contributed by atoms with Gasteiger partial charge >= 0.3 is 0 Å². The molecule has 2 aliphatic rings. The van der Waals surface area contributed by atoms with Gasteiger partial charge in [-0.15, -0.1) is 0 Å². The number of nitrogens with one attached hydrogen (secondary N) is 3. The highest BCUT2D eigenvalue weighted by Crippen LogP contribution is 2.25. The van der Waals surface area contributed by atoms with Gasteiger partial charge in [0.2, 0.25) is 11.8 Å². The summed E-state index contributed by atoms with van der Waals surface area (Å²) in [4.78, 5) is 23.9. The van der Waals surface area contributed by atoms with Crippen LogP contribution in [-0.4, -0.2) is 50.3 Å². The lowest BCUT2D eigenvalue weighted by Gasteiger charge is -2.23. The number of para-hydroxylation sites is 2. The zero-order chi connectivity index (χ0) is 16.8. The van der Waals surface area contributed by atoms with Crippen LogP contribution in [0.4, 0.5) is 5.69 Å². The number of rotatable bonds is 6. The van der Waals surface area contributed by atoms with E-state index in [9.17, 15) is 9.59 Å². The molecule has 3 N–H and O–H groups in total. The zero-order valence-corrected chi connectivity index (χ0v) is 13.5. The van der Waals surface area contributed by atoms with Gasteiger partial charge in [0.25, 0.3) is 0 Å². The molecule has 1 aromatic rings. The van der Waals surface area contributed by atoms with Crippen molar-refractivity contribution in [3.05, 3.63) is 24.3 Å². The van der Waals surface area contributed by atoms with E-state index in [1.54, 1.807) is 6.07 Å². The third-order valence-electron chi connectivity index (χ3n) is 4.13. The Balaban J connectivity index is 1.55. The van der Waals surface area contributed by atoms with Gasteiger partial charge < -0.3 is 25.4 Å². The van der Waals surface area contributed by atoms with Crippen LogP contribution in [0.15, 0.2) is 24.3 Å². The van der Waals surface area contributed by atoms with E-state index in [2.05, 4.69) is 16.0 Å². The number of amides is 2. The fraction of sp³-hybridized carbons (Fsp3) is 0.529. The van der Waals surface area contributed by atoms with Gasteiger partial charge in [0.1, 0.15) is 12.4 Å². The van der Waals surface area contributed by atoms with Crippen LogP contribution in [0.5, 0.6) is 5.75 Å². The molecular weight excluding hydrogens is 310 g/mol. The maximum absolute atomic E-state index is 12.2. The Labute approximate surface area is 141 Å². The van der Waals surface area contributed by atoms with Gasteiger partial charge in [0.15, 0.2) is 0 Å². The number of hydrogen-bond acceptors (Lipinski definition) is 5. The number of carbonyl (C=O) groups is 2. The number of anilines is 1. The third-order valence-corrected chi connectivity index (χ3v) is 4.13. The molecule has 0 radical (unpaired) electrons. The van der Waals surface area contributed by atoms with Gasteiger partial charge in [-0.1, -0.05) is 12.1 Å². The fourth-order valence-corrected chi connectivity index (χ4v) is 2.85. The van der Waals surface area contributed by atoms with Gasteiger partial charge in [-0.25, -0.2) is 0 Å². The first-order chi connectivity index (χ1) is 11.7. The summed E-state index contributed by atoms with van der Waals surface area (Å²) in [7, 11) is 0. The minimum Gasteiger partial charge on any atom is -0.489 e. The molecule has 3 rings (SSSR count). The number of ether oxygens (including phenoxy) is 2. The quantitative estimate of drug-likeness (QED) is 0.712. The minimum absolute atomic E-state index is 0.0892. The Hall–Kier alpha value is -2.12. The lowest BCUT2D eigenvalue weighted by Crippen LogP contribution is -2.53. The molecule has 2 heterocycles. The van der Waals surface area contributed by atoms with Crippen molar-refractivity contribution in [3.8, 4) is 5.75 Å². The molecule has 2 fully saturated rings. The van der Waals surface area contributed by atoms with E-state index in [1.165, 1.54) is 0 Å². The third kappa shape index (κ3) is 4.46. The molecule has 2 atom stereocenters. The highest BCUT2D eigenvalue weighted by atomic mass is 16.5. The van der Waals surface area contributed by atoms with Crippen molar-refractivity contribution < 1.29 is 19.1 Å². The predicted octanol–water partition coefficient (Wildman–Crippen LogP) is 0.661. The summed E-state index contributed by atoms with van der Waals surface area (Å²) < 4.78 is 11.3. The van der Waals surface area contributed by atoms with Crippen LogP contribution >= 0.6 is 0 Å². The predicted molar refractivity (Wildman–Crippen MR) is 89.0 cm³/mol. The van der Waals surface area contributed by atoms with Gasteiger partial charge in [-0.05, 0) is 25.0 Å². The SMILES string of the molecule is O=C(CC1NCCNC1=O)Nc1ccccc1OCC1CCCO1. The topological polar surface area (TPSA) is 88.7 Å². The van der Waals surface area contributed by atoms with E-state index >= 15 is 0 Å². The second kappa shape index (κ2) is 8.12. The lowest BCUT2D eigenvalue weighted by atomic mass is 10.1. The Morgan fingerprint density at radius 1 is 1.33 bits per heavy atom. The largest absolute Gasteiger partial charge is 0.489 e. The van der Waals surface area contributed by atoms with Crippen molar-refractivity contribution in [2.75, 3.05) is 31.6 Å². The van der Waals surface area contributed by atoms with Gasteiger partial charge in [0.05, 0.1) is 24.3 Å². The molecule has 0 aliphatic carbocycles. The zero-order valence-electron chi connectivity index (χ0n) is 13.5. The summed E-state index contributed by atoms with van der Waals surface area (Å²) in [5, 5.41) is 8.61. The summed E-state index contributed by atoms with van der Waals surface area (Å²) in [6, 6.07) is 6.81. The monoisotopic (exact) mass is 333 g/mol. The van der Waals surface area contributed by atoms with Crippen molar-refractivity contribution in [2.24, 2.45) is 0 Å². The second-order valence-corrected chi connectivity index (χ2v) is 5.99. The maximum Gasteiger partial charge on any atom is 0.237 e.